The quantitative estimate of drug-likeness (QED) is 0.423. The second-order valence-electron chi connectivity index (χ2n) is 1.20. The van der Waals surface area contributed by atoms with Crippen molar-refractivity contribution in [2.24, 2.45) is 0 Å². The van der Waals surface area contributed by atoms with Gasteiger partial charge >= 0.3 is 0 Å². The van der Waals surface area contributed by atoms with E-state index in [9.17, 15) is 4.79 Å². The summed E-state index contributed by atoms with van der Waals surface area (Å²) in [7, 11) is 4.82. The predicted molar refractivity (Wildman–Crippen MR) is 27.0 cm³/mol. The molecule has 8 heavy (non-hydrogen) atoms. The minimum Gasteiger partial charge on any atom is -0.574 e. The molecule has 0 aliphatic rings. The molecular weight excluding hydrogens is 179 g/mol. The monoisotopic (exact) mass is 186 g/mol. The molecular formula is C5H7NOY-2. The van der Waals surface area contributed by atoms with Crippen molar-refractivity contribution in [3.8, 4) is 0 Å². The van der Waals surface area contributed by atoms with Gasteiger partial charge in [0, 0.05) is 32.7 Å². The van der Waals surface area contributed by atoms with Crippen LogP contribution in [0.4, 0.5) is 0 Å². The van der Waals surface area contributed by atoms with Crippen molar-refractivity contribution in [2.75, 3.05) is 7.05 Å². The summed E-state index contributed by atoms with van der Waals surface area (Å²) in [5.74, 6) is -0.278. The van der Waals surface area contributed by atoms with E-state index in [0.29, 0.717) is 0 Å². The Morgan fingerprint density at radius 1 is 1.88 bits per heavy atom. The molecule has 43 valence electrons. The zero-order valence-corrected chi connectivity index (χ0v) is 7.63. The summed E-state index contributed by atoms with van der Waals surface area (Å²) in [4.78, 5) is 11.3. The summed E-state index contributed by atoms with van der Waals surface area (Å²) in [6.45, 7) is 4.82. The van der Waals surface area contributed by atoms with Crippen LogP contribution in [-0.2, 0) is 37.5 Å². The Balaban J connectivity index is 0. The molecule has 0 N–H and O–H groups in total. The van der Waals surface area contributed by atoms with Gasteiger partial charge in [0.1, 0.15) is 0 Å². The van der Waals surface area contributed by atoms with Crippen molar-refractivity contribution in [1.82, 2.24) is 4.90 Å². The molecule has 3 heteroatoms. The maximum absolute atomic E-state index is 10.2. The van der Waals surface area contributed by atoms with E-state index in [-0.39, 0.29) is 38.6 Å². The Bertz CT molecular complexity index is 90.4. The molecule has 1 radical (unpaired) electrons. The topological polar surface area (TPSA) is 20.3 Å². The van der Waals surface area contributed by atoms with Crippen LogP contribution in [0.5, 0.6) is 0 Å². The van der Waals surface area contributed by atoms with Crippen molar-refractivity contribution < 1.29 is 37.5 Å². The van der Waals surface area contributed by atoms with E-state index in [4.69, 9.17) is 6.58 Å². The Morgan fingerprint density at radius 2 is 2.25 bits per heavy atom. The van der Waals surface area contributed by atoms with E-state index in [1.54, 1.807) is 0 Å². The molecule has 0 unspecified atom stereocenters. The van der Waals surface area contributed by atoms with E-state index < -0.39 is 0 Å². The zero-order valence-electron chi connectivity index (χ0n) is 4.79. The van der Waals surface area contributed by atoms with Crippen LogP contribution in [0.2, 0.25) is 0 Å². The van der Waals surface area contributed by atoms with Crippen LogP contribution in [0.3, 0.4) is 0 Å². The molecule has 0 aliphatic heterocycles. The van der Waals surface area contributed by atoms with Gasteiger partial charge in [0.25, 0.3) is 0 Å². The van der Waals surface area contributed by atoms with Crippen LogP contribution >= 0.6 is 0 Å². The number of nitrogens with zero attached hydrogens (tertiary/aromatic N) is 1. The molecule has 0 heterocycles. The van der Waals surface area contributed by atoms with Crippen LogP contribution in [0.25, 0.3) is 0 Å². The maximum atomic E-state index is 10.2. The van der Waals surface area contributed by atoms with Crippen LogP contribution in [-0.4, -0.2) is 17.9 Å². The van der Waals surface area contributed by atoms with Gasteiger partial charge in [-0.15, -0.1) is 0 Å². The van der Waals surface area contributed by atoms with Gasteiger partial charge in [0.2, 0.25) is 0 Å². The average molecular weight is 186 g/mol. The first kappa shape index (κ1) is 11.2. The number of carbonyl (C=O) groups excluding carboxylic acids is 1. The molecule has 1 amide bonds. The molecule has 0 fully saturated rings. The fraction of sp³-hybridized carbons (Fsp3) is 0.200. The molecule has 0 spiro atoms. The first-order chi connectivity index (χ1) is 3.18. The molecule has 0 aromatic heterocycles. The molecule has 0 saturated heterocycles. The smallest absolute Gasteiger partial charge is 0.0573 e. The van der Waals surface area contributed by atoms with Gasteiger partial charge in [-0.05, 0) is 7.05 Å². The molecule has 0 aliphatic carbocycles. The first-order valence-electron chi connectivity index (χ1n) is 1.81. The van der Waals surface area contributed by atoms with E-state index in [1.807, 2.05) is 0 Å². The third-order valence-electron chi connectivity index (χ3n) is 0.519. The summed E-state index contributed by atoms with van der Waals surface area (Å²) < 4.78 is 0. The second kappa shape index (κ2) is 5.45. The third-order valence-corrected chi connectivity index (χ3v) is 0.519. The summed E-state index contributed by atoms with van der Waals surface area (Å²) >= 11 is 0. The second-order valence-corrected chi connectivity index (χ2v) is 1.20. The van der Waals surface area contributed by atoms with E-state index >= 15 is 0 Å². The van der Waals surface area contributed by atoms with Crippen molar-refractivity contribution in [3.05, 3.63) is 19.7 Å². The first-order valence-corrected chi connectivity index (χ1v) is 1.81. The van der Waals surface area contributed by atoms with Crippen molar-refractivity contribution in [2.45, 2.75) is 0 Å². The molecule has 0 atom stereocenters. The summed E-state index contributed by atoms with van der Waals surface area (Å²) in [5, 5.41) is 0. The number of rotatable bonds is 1. The van der Waals surface area contributed by atoms with Gasteiger partial charge in [0.05, 0.1) is 5.91 Å². The van der Waals surface area contributed by atoms with Gasteiger partial charge in [-0.1, -0.05) is 0 Å². The fourth-order valence-corrected chi connectivity index (χ4v) is 0.127. The zero-order chi connectivity index (χ0) is 5.86. The third kappa shape index (κ3) is 4.47. The average Bonchev–Trinajstić information content (AvgIpc) is 1.65. The van der Waals surface area contributed by atoms with Gasteiger partial charge in [-0.2, -0.15) is 6.08 Å². The van der Waals surface area contributed by atoms with Crippen LogP contribution in [0.15, 0.2) is 6.08 Å². The number of carbonyl (C=O) groups is 1. The summed E-state index contributed by atoms with van der Waals surface area (Å²) in [6.07, 6.45) is 0.965. The summed E-state index contributed by atoms with van der Waals surface area (Å²) in [6, 6.07) is 0. The van der Waals surface area contributed by atoms with E-state index in [1.165, 1.54) is 7.05 Å². The van der Waals surface area contributed by atoms with Gasteiger partial charge < -0.3 is 9.69 Å². The fourth-order valence-electron chi connectivity index (χ4n) is 0.127. The minimum atomic E-state index is -0.278. The number of likely N-dealkylation sites (N-methyl/N-ethyl adjacent to an activating group) is 1. The minimum absolute atomic E-state index is 0. The molecule has 0 bridgehead atoms. The van der Waals surface area contributed by atoms with Crippen molar-refractivity contribution in [3.63, 3.8) is 0 Å². The van der Waals surface area contributed by atoms with Crippen LogP contribution < -0.4 is 0 Å². The SMILES string of the molecule is [CH-]=CC(=O)N([CH2-])C.[Y]. The van der Waals surface area contributed by atoms with Crippen molar-refractivity contribution in [1.29, 1.82) is 0 Å². The number of amides is 1. The standard InChI is InChI=1S/C5H7NO.Y/c1-4-5(7)6(2)3;/h1,4H,2H2,3H3;/q-2;. The number of hydrogen-bond donors (Lipinski definition) is 0. The Kier molecular flexibility index (Phi) is 7.60. The Hall–Kier alpha value is 0.314. The predicted octanol–water partition coefficient (Wildman–Crippen LogP) is 0.223. The molecule has 0 rings (SSSR count). The van der Waals surface area contributed by atoms with Gasteiger partial charge in [-0.25, -0.2) is 0 Å². The van der Waals surface area contributed by atoms with Gasteiger partial charge in [-0.3, -0.25) is 13.6 Å². The molecule has 0 saturated carbocycles. The van der Waals surface area contributed by atoms with Crippen LogP contribution in [0, 0.1) is 13.6 Å². The largest absolute Gasteiger partial charge is 0.574 e. The van der Waals surface area contributed by atoms with E-state index in [0.717, 1.165) is 11.0 Å². The maximum Gasteiger partial charge on any atom is 0.0573 e. The van der Waals surface area contributed by atoms with Gasteiger partial charge in [0.15, 0.2) is 0 Å². The Morgan fingerprint density at radius 3 is 2.25 bits per heavy atom. The molecule has 2 nitrogen and oxygen atoms in total. The molecule has 0 aromatic carbocycles. The molecule has 0 aromatic rings. The van der Waals surface area contributed by atoms with Crippen LogP contribution in [0.1, 0.15) is 0 Å². The normalized spacial score (nSPS) is 6.75. The Labute approximate surface area is 74.8 Å². The number of hydrogen-bond acceptors (Lipinski definition) is 1. The summed E-state index contributed by atoms with van der Waals surface area (Å²) in [5.41, 5.74) is 0. The van der Waals surface area contributed by atoms with E-state index in [2.05, 4.69) is 7.05 Å². The van der Waals surface area contributed by atoms with Crippen molar-refractivity contribution >= 4 is 5.91 Å².